The monoisotopic (exact) mass is 331 g/mol. The van der Waals surface area contributed by atoms with Gasteiger partial charge in [0, 0.05) is 13.1 Å². The average Bonchev–Trinajstić information content (AvgIpc) is 3.34. The van der Waals surface area contributed by atoms with E-state index in [2.05, 4.69) is 17.1 Å². The van der Waals surface area contributed by atoms with Crippen LogP contribution in [0.5, 0.6) is 0 Å². The molecule has 1 aliphatic carbocycles. The number of carbonyl (C=O) groups is 1. The van der Waals surface area contributed by atoms with Gasteiger partial charge in [0.1, 0.15) is 29.4 Å². The van der Waals surface area contributed by atoms with E-state index in [4.69, 9.17) is 11.6 Å². The molecule has 0 saturated heterocycles. The van der Waals surface area contributed by atoms with Crippen molar-refractivity contribution < 1.29 is 4.79 Å². The first kappa shape index (κ1) is 17.2. The van der Waals surface area contributed by atoms with Crippen LogP contribution >= 0.6 is 11.6 Å². The number of pyridine rings is 1. The maximum absolute atomic E-state index is 11.0. The molecule has 0 radical (unpaired) electrons. The summed E-state index contributed by atoms with van der Waals surface area (Å²) in [6.07, 6.45) is 2.66. The molecule has 0 amide bonds. The smallest absolute Gasteiger partial charge is 0.149 e. The normalized spacial score (nSPS) is 13.5. The highest BCUT2D eigenvalue weighted by Gasteiger charge is 2.33. The molecule has 6 nitrogen and oxygen atoms in total. The van der Waals surface area contributed by atoms with Crippen molar-refractivity contribution in [3.05, 3.63) is 21.8 Å². The highest BCUT2D eigenvalue weighted by Crippen LogP contribution is 2.46. The van der Waals surface area contributed by atoms with E-state index in [1.54, 1.807) is 4.90 Å². The van der Waals surface area contributed by atoms with Gasteiger partial charge in [0.25, 0.3) is 0 Å². The topological polar surface area (TPSA) is 84.0 Å². The zero-order valence-corrected chi connectivity index (χ0v) is 14.0. The van der Waals surface area contributed by atoms with Crippen LogP contribution in [0.1, 0.15) is 35.4 Å². The van der Waals surface area contributed by atoms with Gasteiger partial charge in [-0.3, -0.25) is 0 Å². The van der Waals surface area contributed by atoms with Crippen LogP contribution < -0.4 is 4.90 Å². The Morgan fingerprint density at radius 3 is 2.39 bits per heavy atom. The zero-order chi connectivity index (χ0) is 17.0. The first-order valence-corrected chi connectivity index (χ1v) is 7.78. The van der Waals surface area contributed by atoms with Gasteiger partial charge >= 0.3 is 0 Å². The van der Waals surface area contributed by atoms with E-state index in [1.807, 2.05) is 19.0 Å². The number of rotatable bonds is 7. The summed E-state index contributed by atoms with van der Waals surface area (Å²) in [7, 11) is 3.86. The summed E-state index contributed by atoms with van der Waals surface area (Å²) in [5.74, 6) is 0.581. The Bertz CT molecular complexity index is 685. The van der Waals surface area contributed by atoms with Crippen molar-refractivity contribution in [3.8, 4) is 12.1 Å². The van der Waals surface area contributed by atoms with E-state index in [0.29, 0.717) is 30.0 Å². The number of likely N-dealkylation sites (N-methyl/N-ethyl adjacent to an activating group) is 1. The molecule has 23 heavy (non-hydrogen) atoms. The van der Waals surface area contributed by atoms with Crippen LogP contribution in [0.3, 0.4) is 0 Å². The van der Waals surface area contributed by atoms with Crippen molar-refractivity contribution in [2.75, 3.05) is 38.6 Å². The van der Waals surface area contributed by atoms with Crippen LogP contribution in [0.4, 0.5) is 5.82 Å². The Morgan fingerprint density at radius 1 is 1.26 bits per heavy atom. The van der Waals surface area contributed by atoms with E-state index in [1.165, 1.54) is 0 Å². The highest BCUT2D eigenvalue weighted by atomic mass is 35.5. The molecule has 1 aliphatic rings. The lowest BCUT2D eigenvalue weighted by atomic mass is 9.99. The number of hydrogen-bond acceptors (Lipinski definition) is 6. The van der Waals surface area contributed by atoms with E-state index in [-0.39, 0.29) is 23.2 Å². The fraction of sp³-hybridized carbons (Fsp3) is 0.500. The van der Waals surface area contributed by atoms with Crippen LogP contribution in [0.2, 0.25) is 5.15 Å². The number of hydrogen-bond donors (Lipinski definition) is 0. The molecule has 7 heteroatoms. The predicted octanol–water partition coefficient (Wildman–Crippen LogP) is 1.92. The second-order valence-corrected chi connectivity index (χ2v) is 6.16. The van der Waals surface area contributed by atoms with Crippen LogP contribution in [0.15, 0.2) is 0 Å². The maximum Gasteiger partial charge on any atom is 0.149 e. The lowest BCUT2D eigenvalue weighted by Crippen LogP contribution is -2.34. The third kappa shape index (κ3) is 3.79. The molecule has 120 valence electrons. The predicted molar refractivity (Wildman–Crippen MR) is 87.5 cm³/mol. The van der Waals surface area contributed by atoms with Crippen molar-refractivity contribution in [2.24, 2.45) is 0 Å². The molecule has 1 aromatic rings. The number of nitriles is 2. The summed E-state index contributed by atoms with van der Waals surface area (Å²) in [4.78, 5) is 19.0. The fourth-order valence-electron chi connectivity index (χ4n) is 2.48. The standard InChI is InChI=1S/C16H18ClN5O/c1-21(2)5-6-22(7-8-23)16-13(10-19)14(11-3-4-11)12(9-18)15(17)20-16/h8,11H,3-7H2,1-2H3. The van der Waals surface area contributed by atoms with E-state index in [0.717, 1.165) is 19.1 Å². The molecule has 1 fully saturated rings. The van der Waals surface area contributed by atoms with Gasteiger partial charge in [-0.2, -0.15) is 10.5 Å². The SMILES string of the molecule is CN(C)CCN(CC=O)c1nc(Cl)c(C#N)c(C2CC2)c1C#N. The minimum atomic E-state index is 0.101. The molecule has 0 spiro atoms. The van der Waals surface area contributed by atoms with Crippen molar-refractivity contribution in [3.63, 3.8) is 0 Å². The Hall–Kier alpha value is -2.15. The summed E-state index contributed by atoms with van der Waals surface area (Å²) in [5.41, 5.74) is 1.34. The molecule has 0 aliphatic heterocycles. The van der Waals surface area contributed by atoms with Crippen LogP contribution in [-0.2, 0) is 4.79 Å². The quantitative estimate of drug-likeness (QED) is 0.560. The molecular formula is C16H18ClN5O. The van der Waals surface area contributed by atoms with Gasteiger partial charge in [-0.05, 0) is 38.4 Å². The highest BCUT2D eigenvalue weighted by molar-refractivity contribution is 6.30. The Kier molecular flexibility index (Phi) is 5.54. The van der Waals surface area contributed by atoms with Crippen molar-refractivity contribution in [1.29, 1.82) is 10.5 Å². The summed E-state index contributed by atoms with van der Waals surface area (Å²) in [5, 5.41) is 19.1. The van der Waals surface area contributed by atoms with Gasteiger partial charge in [-0.1, -0.05) is 11.6 Å². The molecule has 2 rings (SSSR count). The molecule has 0 N–H and O–H groups in total. The number of halogens is 1. The van der Waals surface area contributed by atoms with Gasteiger partial charge in [0.2, 0.25) is 0 Å². The van der Waals surface area contributed by atoms with E-state index >= 15 is 0 Å². The largest absolute Gasteiger partial charge is 0.347 e. The Labute approximate surface area is 140 Å². The number of nitrogens with zero attached hydrogens (tertiary/aromatic N) is 5. The van der Waals surface area contributed by atoms with E-state index < -0.39 is 0 Å². The van der Waals surface area contributed by atoms with Crippen molar-refractivity contribution in [2.45, 2.75) is 18.8 Å². The summed E-state index contributed by atoms with van der Waals surface area (Å²) >= 11 is 6.17. The molecule has 0 atom stereocenters. The summed E-state index contributed by atoms with van der Waals surface area (Å²) in [6, 6.07) is 4.24. The van der Waals surface area contributed by atoms with Crippen molar-refractivity contribution in [1.82, 2.24) is 9.88 Å². The second kappa shape index (κ2) is 7.41. The first-order chi connectivity index (χ1) is 11.0. The zero-order valence-electron chi connectivity index (χ0n) is 13.2. The van der Waals surface area contributed by atoms with Crippen molar-refractivity contribution >= 4 is 23.7 Å². The van der Waals surface area contributed by atoms with Crippen LogP contribution in [0, 0.1) is 22.7 Å². The first-order valence-electron chi connectivity index (χ1n) is 7.40. The maximum atomic E-state index is 11.0. The molecule has 0 aromatic carbocycles. The fourth-order valence-corrected chi connectivity index (χ4v) is 2.71. The minimum absolute atomic E-state index is 0.101. The minimum Gasteiger partial charge on any atom is -0.347 e. The number of aldehydes is 1. The third-order valence-corrected chi connectivity index (χ3v) is 4.07. The number of anilines is 1. The van der Waals surface area contributed by atoms with Gasteiger partial charge in [0.05, 0.1) is 17.7 Å². The summed E-state index contributed by atoms with van der Waals surface area (Å²) in [6.45, 7) is 1.37. The Balaban J connectivity index is 2.53. The molecule has 1 saturated carbocycles. The van der Waals surface area contributed by atoms with E-state index in [9.17, 15) is 15.3 Å². The number of aromatic nitrogens is 1. The molecule has 1 heterocycles. The second-order valence-electron chi connectivity index (χ2n) is 5.80. The summed E-state index contributed by atoms with van der Waals surface area (Å²) < 4.78 is 0. The molecule has 0 bridgehead atoms. The third-order valence-electron chi connectivity index (χ3n) is 3.79. The van der Waals surface area contributed by atoms with Gasteiger partial charge in [-0.15, -0.1) is 0 Å². The van der Waals surface area contributed by atoms with Gasteiger partial charge in [-0.25, -0.2) is 4.98 Å². The molecular weight excluding hydrogens is 314 g/mol. The van der Waals surface area contributed by atoms with Gasteiger partial charge in [0.15, 0.2) is 0 Å². The lowest BCUT2D eigenvalue weighted by molar-refractivity contribution is -0.106. The number of carbonyl (C=O) groups excluding carboxylic acids is 1. The molecule has 0 unspecified atom stereocenters. The van der Waals surface area contributed by atoms with Gasteiger partial charge < -0.3 is 14.6 Å². The molecule has 1 aromatic heterocycles. The lowest BCUT2D eigenvalue weighted by Gasteiger charge is -2.25. The van der Waals surface area contributed by atoms with Crippen LogP contribution in [0.25, 0.3) is 0 Å². The average molecular weight is 332 g/mol. The Morgan fingerprint density at radius 2 is 1.91 bits per heavy atom. The van der Waals surface area contributed by atoms with Crippen LogP contribution in [-0.4, -0.2) is 49.9 Å².